The Balaban J connectivity index is 1.81. The summed E-state index contributed by atoms with van der Waals surface area (Å²) in [7, 11) is 0. The van der Waals surface area contributed by atoms with Crippen molar-refractivity contribution in [3.05, 3.63) is 24.3 Å². The zero-order chi connectivity index (χ0) is 11.4. The van der Waals surface area contributed by atoms with Gasteiger partial charge in [0.25, 0.3) is 0 Å². The Kier molecular flexibility index (Phi) is 3.88. The molecule has 1 fully saturated rings. The molecule has 1 aromatic rings. The summed E-state index contributed by atoms with van der Waals surface area (Å²) in [5, 5.41) is 3.60. The van der Waals surface area contributed by atoms with Crippen LogP contribution < -0.4 is 5.32 Å². The number of nitrogens with one attached hydrogen (secondary N) is 1. The molecule has 2 rings (SSSR count). The minimum absolute atomic E-state index is 0.653. The van der Waals surface area contributed by atoms with Crippen LogP contribution in [-0.4, -0.2) is 16.0 Å². The maximum atomic E-state index is 4.28. The third kappa shape index (κ3) is 3.27. The van der Waals surface area contributed by atoms with Crippen LogP contribution in [0, 0.1) is 11.8 Å². The average molecular weight is 219 g/mol. The van der Waals surface area contributed by atoms with Crippen LogP contribution >= 0.6 is 0 Å². The first kappa shape index (κ1) is 11.5. The SMILES string of the molecule is CC1CC(C)CC(NCc2cnccn2)C1. The molecule has 0 aliphatic heterocycles. The first-order valence-corrected chi connectivity index (χ1v) is 6.22. The highest BCUT2D eigenvalue weighted by Crippen LogP contribution is 2.28. The molecule has 2 atom stereocenters. The van der Waals surface area contributed by atoms with Crippen molar-refractivity contribution in [1.82, 2.24) is 15.3 Å². The van der Waals surface area contributed by atoms with E-state index in [1.165, 1.54) is 19.3 Å². The van der Waals surface area contributed by atoms with Crippen molar-refractivity contribution in [2.45, 2.75) is 45.7 Å². The second kappa shape index (κ2) is 5.39. The largest absolute Gasteiger partial charge is 0.308 e. The Labute approximate surface area is 97.7 Å². The van der Waals surface area contributed by atoms with Crippen LogP contribution in [0.5, 0.6) is 0 Å². The molecule has 1 aliphatic rings. The van der Waals surface area contributed by atoms with Crippen LogP contribution in [0.15, 0.2) is 18.6 Å². The molecule has 3 heteroatoms. The molecule has 0 saturated heterocycles. The van der Waals surface area contributed by atoms with Gasteiger partial charge in [-0.15, -0.1) is 0 Å². The molecule has 1 aliphatic carbocycles. The van der Waals surface area contributed by atoms with Gasteiger partial charge >= 0.3 is 0 Å². The lowest BCUT2D eigenvalue weighted by molar-refractivity contribution is 0.237. The number of rotatable bonds is 3. The van der Waals surface area contributed by atoms with E-state index in [-0.39, 0.29) is 0 Å². The van der Waals surface area contributed by atoms with Gasteiger partial charge in [-0.3, -0.25) is 9.97 Å². The fraction of sp³-hybridized carbons (Fsp3) is 0.692. The van der Waals surface area contributed by atoms with E-state index in [0.29, 0.717) is 6.04 Å². The molecule has 0 bridgehead atoms. The molecule has 16 heavy (non-hydrogen) atoms. The number of hydrogen-bond donors (Lipinski definition) is 1. The Bertz CT molecular complexity index is 302. The summed E-state index contributed by atoms with van der Waals surface area (Å²) >= 11 is 0. The van der Waals surface area contributed by atoms with Crippen LogP contribution in [0.1, 0.15) is 38.8 Å². The summed E-state index contributed by atoms with van der Waals surface area (Å²) < 4.78 is 0. The Morgan fingerprint density at radius 1 is 1.19 bits per heavy atom. The first-order chi connectivity index (χ1) is 7.74. The van der Waals surface area contributed by atoms with E-state index in [1.54, 1.807) is 12.4 Å². The predicted molar refractivity (Wildman–Crippen MR) is 64.8 cm³/mol. The zero-order valence-corrected chi connectivity index (χ0v) is 10.2. The van der Waals surface area contributed by atoms with Crippen LogP contribution in [-0.2, 0) is 6.54 Å². The van der Waals surface area contributed by atoms with E-state index in [0.717, 1.165) is 24.1 Å². The fourth-order valence-electron chi connectivity index (χ4n) is 2.78. The number of nitrogens with zero attached hydrogens (tertiary/aromatic N) is 2. The summed E-state index contributed by atoms with van der Waals surface area (Å²) in [5.74, 6) is 1.70. The van der Waals surface area contributed by atoms with Crippen molar-refractivity contribution >= 4 is 0 Å². The van der Waals surface area contributed by atoms with Gasteiger partial charge in [-0.1, -0.05) is 13.8 Å². The molecule has 1 aromatic heterocycles. The summed E-state index contributed by atoms with van der Waals surface area (Å²) in [6.07, 6.45) is 9.28. The first-order valence-electron chi connectivity index (χ1n) is 6.22. The van der Waals surface area contributed by atoms with E-state index in [9.17, 15) is 0 Å². The minimum Gasteiger partial charge on any atom is -0.308 e. The molecule has 0 aromatic carbocycles. The molecule has 3 nitrogen and oxygen atoms in total. The highest BCUT2D eigenvalue weighted by Gasteiger charge is 2.23. The molecular formula is C13H21N3. The summed E-state index contributed by atoms with van der Waals surface area (Å²) in [6, 6.07) is 0.653. The summed E-state index contributed by atoms with van der Waals surface area (Å²) in [6.45, 7) is 5.55. The number of aromatic nitrogens is 2. The highest BCUT2D eigenvalue weighted by molar-refractivity contribution is 4.94. The Hall–Kier alpha value is -0.960. The van der Waals surface area contributed by atoms with Crippen molar-refractivity contribution in [3.63, 3.8) is 0 Å². The molecule has 1 N–H and O–H groups in total. The standard InChI is InChI=1S/C13H21N3/c1-10-5-11(2)7-12(6-10)16-9-13-8-14-3-4-15-13/h3-4,8,10-12,16H,5-7,9H2,1-2H3. The van der Waals surface area contributed by atoms with E-state index >= 15 is 0 Å². The molecular weight excluding hydrogens is 198 g/mol. The zero-order valence-electron chi connectivity index (χ0n) is 10.2. The van der Waals surface area contributed by atoms with E-state index in [1.807, 2.05) is 6.20 Å². The lowest BCUT2D eigenvalue weighted by atomic mass is 9.80. The van der Waals surface area contributed by atoms with Gasteiger partial charge in [0, 0.05) is 31.2 Å². The fourth-order valence-corrected chi connectivity index (χ4v) is 2.78. The van der Waals surface area contributed by atoms with Crippen molar-refractivity contribution in [2.24, 2.45) is 11.8 Å². The van der Waals surface area contributed by atoms with Gasteiger partial charge in [0.1, 0.15) is 0 Å². The van der Waals surface area contributed by atoms with Gasteiger partial charge in [-0.2, -0.15) is 0 Å². The van der Waals surface area contributed by atoms with Crippen molar-refractivity contribution in [2.75, 3.05) is 0 Å². The monoisotopic (exact) mass is 219 g/mol. The van der Waals surface area contributed by atoms with Gasteiger partial charge in [0.15, 0.2) is 0 Å². The second-order valence-corrected chi connectivity index (χ2v) is 5.19. The number of hydrogen-bond acceptors (Lipinski definition) is 3. The average Bonchev–Trinajstić information content (AvgIpc) is 2.27. The van der Waals surface area contributed by atoms with Crippen molar-refractivity contribution in [3.8, 4) is 0 Å². The van der Waals surface area contributed by atoms with E-state index in [2.05, 4.69) is 29.1 Å². The predicted octanol–water partition coefficient (Wildman–Crippen LogP) is 2.39. The Morgan fingerprint density at radius 3 is 2.56 bits per heavy atom. The molecule has 0 radical (unpaired) electrons. The van der Waals surface area contributed by atoms with Gasteiger partial charge in [0.2, 0.25) is 0 Å². The lowest BCUT2D eigenvalue weighted by Crippen LogP contribution is -2.36. The Morgan fingerprint density at radius 2 is 1.94 bits per heavy atom. The molecule has 0 amide bonds. The van der Waals surface area contributed by atoms with Crippen LogP contribution in [0.4, 0.5) is 0 Å². The topological polar surface area (TPSA) is 37.8 Å². The maximum absolute atomic E-state index is 4.28. The maximum Gasteiger partial charge on any atom is 0.0724 e. The van der Waals surface area contributed by atoms with Crippen LogP contribution in [0.2, 0.25) is 0 Å². The smallest absolute Gasteiger partial charge is 0.0724 e. The van der Waals surface area contributed by atoms with Crippen molar-refractivity contribution < 1.29 is 0 Å². The van der Waals surface area contributed by atoms with Crippen LogP contribution in [0.3, 0.4) is 0 Å². The van der Waals surface area contributed by atoms with E-state index < -0.39 is 0 Å². The third-order valence-electron chi connectivity index (χ3n) is 3.37. The quantitative estimate of drug-likeness (QED) is 0.848. The summed E-state index contributed by atoms with van der Waals surface area (Å²) in [5.41, 5.74) is 1.04. The molecule has 1 heterocycles. The van der Waals surface area contributed by atoms with Crippen LogP contribution in [0.25, 0.3) is 0 Å². The van der Waals surface area contributed by atoms with Gasteiger partial charge in [0.05, 0.1) is 5.69 Å². The molecule has 2 unspecified atom stereocenters. The van der Waals surface area contributed by atoms with Gasteiger partial charge < -0.3 is 5.32 Å². The molecule has 0 spiro atoms. The van der Waals surface area contributed by atoms with Crippen molar-refractivity contribution in [1.29, 1.82) is 0 Å². The minimum atomic E-state index is 0.653. The third-order valence-corrected chi connectivity index (χ3v) is 3.37. The summed E-state index contributed by atoms with van der Waals surface area (Å²) in [4.78, 5) is 8.35. The normalized spacial score (nSPS) is 30.2. The lowest BCUT2D eigenvalue weighted by Gasteiger charge is -2.32. The molecule has 1 saturated carbocycles. The van der Waals surface area contributed by atoms with E-state index in [4.69, 9.17) is 0 Å². The highest BCUT2D eigenvalue weighted by atomic mass is 14.9. The van der Waals surface area contributed by atoms with Gasteiger partial charge in [-0.25, -0.2) is 0 Å². The second-order valence-electron chi connectivity index (χ2n) is 5.19. The molecule has 88 valence electrons. The van der Waals surface area contributed by atoms with Gasteiger partial charge in [-0.05, 0) is 31.1 Å².